The summed E-state index contributed by atoms with van der Waals surface area (Å²) < 4.78 is 23.3. The first-order valence-electron chi connectivity index (χ1n) is 6.65. The highest BCUT2D eigenvalue weighted by Gasteiger charge is 2.30. The molecule has 0 spiro atoms. The molecule has 1 aromatic carbocycles. The summed E-state index contributed by atoms with van der Waals surface area (Å²) in [4.78, 5) is 17.7. The SMILES string of the molecule is O=C(COc1ccccc1F)N1CC[C@H](c2ncon2)C1. The summed E-state index contributed by atoms with van der Waals surface area (Å²) in [6.45, 7) is 0.956. The van der Waals surface area contributed by atoms with Gasteiger partial charge in [-0.25, -0.2) is 4.39 Å². The van der Waals surface area contributed by atoms with E-state index in [1.54, 1.807) is 17.0 Å². The van der Waals surface area contributed by atoms with E-state index in [1.807, 2.05) is 0 Å². The topological polar surface area (TPSA) is 68.5 Å². The summed E-state index contributed by atoms with van der Waals surface area (Å²) in [6.07, 6.45) is 2.06. The van der Waals surface area contributed by atoms with Crippen molar-refractivity contribution < 1.29 is 18.4 Å². The Kier molecular flexibility index (Phi) is 3.81. The summed E-state index contributed by atoms with van der Waals surface area (Å²) in [5.41, 5.74) is 0. The second-order valence-electron chi connectivity index (χ2n) is 4.83. The minimum atomic E-state index is -0.476. The third-order valence-corrected chi connectivity index (χ3v) is 3.47. The van der Waals surface area contributed by atoms with Crippen molar-refractivity contribution in [1.29, 1.82) is 0 Å². The van der Waals surface area contributed by atoms with Crippen LogP contribution in [0.2, 0.25) is 0 Å². The number of hydrogen-bond acceptors (Lipinski definition) is 5. The fourth-order valence-corrected chi connectivity index (χ4v) is 2.35. The van der Waals surface area contributed by atoms with Crippen LogP contribution in [0.4, 0.5) is 4.39 Å². The van der Waals surface area contributed by atoms with Crippen molar-refractivity contribution in [2.75, 3.05) is 19.7 Å². The van der Waals surface area contributed by atoms with Gasteiger partial charge in [0.05, 0.1) is 0 Å². The van der Waals surface area contributed by atoms with Gasteiger partial charge in [0, 0.05) is 19.0 Å². The number of amides is 1. The molecule has 0 N–H and O–H groups in total. The average molecular weight is 291 g/mol. The number of nitrogens with zero attached hydrogens (tertiary/aromatic N) is 3. The first-order chi connectivity index (χ1) is 10.2. The number of halogens is 1. The van der Waals surface area contributed by atoms with Gasteiger partial charge in [0.15, 0.2) is 24.0 Å². The maximum atomic E-state index is 13.4. The molecule has 2 heterocycles. The first kappa shape index (κ1) is 13.5. The van der Waals surface area contributed by atoms with Gasteiger partial charge < -0.3 is 14.2 Å². The lowest BCUT2D eigenvalue weighted by atomic mass is 10.1. The van der Waals surface area contributed by atoms with Crippen molar-refractivity contribution in [2.24, 2.45) is 0 Å². The summed E-state index contributed by atoms with van der Waals surface area (Å²) in [6, 6.07) is 6.02. The van der Waals surface area contributed by atoms with Crippen LogP contribution in [0, 0.1) is 5.82 Å². The zero-order chi connectivity index (χ0) is 14.7. The van der Waals surface area contributed by atoms with Gasteiger partial charge in [-0.1, -0.05) is 17.3 Å². The number of para-hydroxylation sites is 1. The Balaban J connectivity index is 1.54. The molecule has 0 aliphatic carbocycles. The third kappa shape index (κ3) is 3.01. The Bertz CT molecular complexity index is 618. The zero-order valence-electron chi connectivity index (χ0n) is 11.2. The highest BCUT2D eigenvalue weighted by Crippen LogP contribution is 2.24. The summed E-state index contributed by atoms with van der Waals surface area (Å²) >= 11 is 0. The second kappa shape index (κ2) is 5.90. The van der Waals surface area contributed by atoms with Crippen molar-refractivity contribution in [3.05, 3.63) is 42.3 Å². The van der Waals surface area contributed by atoms with Gasteiger partial charge in [0.2, 0.25) is 6.39 Å². The molecule has 1 saturated heterocycles. The largest absolute Gasteiger partial charge is 0.481 e. The van der Waals surface area contributed by atoms with Crippen molar-refractivity contribution in [3.63, 3.8) is 0 Å². The van der Waals surface area contributed by atoms with Gasteiger partial charge in [0.25, 0.3) is 5.91 Å². The number of rotatable bonds is 4. The van der Waals surface area contributed by atoms with E-state index in [0.29, 0.717) is 18.9 Å². The highest BCUT2D eigenvalue weighted by molar-refractivity contribution is 5.78. The molecule has 1 aromatic heterocycles. The Labute approximate surface area is 120 Å². The molecule has 1 aliphatic heterocycles. The Hall–Kier alpha value is -2.44. The molecule has 6 nitrogen and oxygen atoms in total. The van der Waals surface area contributed by atoms with Gasteiger partial charge in [-0.05, 0) is 18.6 Å². The Morgan fingerprint density at radius 1 is 1.48 bits per heavy atom. The normalized spacial score (nSPS) is 18.0. The fraction of sp³-hybridized carbons (Fsp3) is 0.357. The van der Waals surface area contributed by atoms with Crippen LogP contribution >= 0.6 is 0 Å². The van der Waals surface area contributed by atoms with Gasteiger partial charge in [0.1, 0.15) is 0 Å². The van der Waals surface area contributed by atoms with Crippen LogP contribution in [0.5, 0.6) is 5.75 Å². The molecule has 21 heavy (non-hydrogen) atoms. The first-order valence-corrected chi connectivity index (χ1v) is 6.65. The number of hydrogen-bond donors (Lipinski definition) is 0. The van der Waals surface area contributed by atoms with Crippen LogP contribution in [0.3, 0.4) is 0 Å². The minimum absolute atomic E-state index is 0.0831. The van der Waals surface area contributed by atoms with Crippen LogP contribution in [0.25, 0.3) is 0 Å². The molecule has 0 saturated carbocycles. The quantitative estimate of drug-likeness (QED) is 0.856. The molecule has 0 bridgehead atoms. The van der Waals surface area contributed by atoms with E-state index < -0.39 is 5.82 Å². The predicted octanol–water partition coefficient (Wildman–Crippen LogP) is 1.60. The van der Waals surface area contributed by atoms with Crippen LogP contribution in [-0.4, -0.2) is 40.6 Å². The van der Waals surface area contributed by atoms with E-state index in [0.717, 1.165) is 6.42 Å². The number of aromatic nitrogens is 2. The maximum absolute atomic E-state index is 13.4. The predicted molar refractivity (Wildman–Crippen MR) is 70.1 cm³/mol. The minimum Gasteiger partial charge on any atom is -0.481 e. The van der Waals surface area contributed by atoms with Crippen LogP contribution in [0.15, 0.2) is 35.2 Å². The van der Waals surface area contributed by atoms with E-state index in [9.17, 15) is 9.18 Å². The van der Waals surface area contributed by atoms with E-state index in [1.165, 1.54) is 18.5 Å². The number of benzene rings is 1. The summed E-state index contributed by atoms with van der Waals surface area (Å²) in [5.74, 6) is 0.127. The Morgan fingerprint density at radius 2 is 2.33 bits per heavy atom. The molecule has 1 amide bonds. The lowest BCUT2D eigenvalue weighted by Gasteiger charge is -2.16. The number of carbonyl (C=O) groups is 1. The molecule has 110 valence electrons. The van der Waals surface area contributed by atoms with Crippen molar-refractivity contribution in [2.45, 2.75) is 12.3 Å². The number of ether oxygens (including phenoxy) is 1. The summed E-state index contributed by atoms with van der Waals surface area (Å²) in [5, 5.41) is 3.79. The monoisotopic (exact) mass is 291 g/mol. The molecule has 1 aliphatic rings. The van der Waals surface area contributed by atoms with Gasteiger partial charge >= 0.3 is 0 Å². The smallest absolute Gasteiger partial charge is 0.260 e. The molecule has 1 atom stereocenters. The van der Waals surface area contributed by atoms with E-state index in [2.05, 4.69) is 10.1 Å². The highest BCUT2D eigenvalue weighted by atomic mass is 19.1. The van der Waals surface area contributed by atoms with E-state index >= 15 is 0 Å². The van der Waals surface area contributed by atoms with Crippen LogP contribution < -0.4 is 4.74 Å². The van der Waals surface area contributed by atoms with Crippen LogP contribution in [0.1, 0.15) is 18.2 Å². The fourth-order valence-electron chi connectivity index (χ4n) is 2.35. The molecule has 7 heteroatoms. The Morgan fingerprint density at radius 3 is 3.10 bits per heavy atom. The van der Waals surface area contributed by atoms with Gasteiger partial charge in [-0.15, -0.1) is 0 Å². The lowest BCUT2D eigenvalue weighted by molar-refractivity contribution is -0.132. The molecule has 0 radical (unpaired) electrons. The summed E-state index contributed by atoms with van der Waals surface area (Å²) in [7, 11) is 0. The molecule has 1 fully saturated rings. The molecular formula is C14H14FN3O3. The lowest BCUT2D eigenvalue weighted by Crippen LogP contribution is -2.33. The van der Waals surface area contributed by atoms with Crippen molar-refractivity contribution in [3.8, 4) is 5.75 Å². The van der Waals surface area contributed by atoms with Crippen molar-refractivity contribution >= 4 is 5.91 Å². The van der Waals surface area contributed by atoms with E-state index in [4.69, 9.17) is 9.26 Å². The zero-order valence-corrected chi connectivity index (χ0v) is 11.2. The maximum Gasteiger partial charge on any atom is 0.260 e. The number of carbonyl (C=O) groups excluding carboxylic acids is 1. The second-order valence-corrected chi connectivity index (χ2v) is 4.83. The van der Waals surface area contributed by atoms with Gasteiger partial charge in [-0.2, -0.15) is 4.98 Å². The number of likely N-dealkylation sites (tertiary alicyclic amines) is 1. The molecule has 3 rings (SSSR count). The molecular weight excluding hydrogens is 277 g/mol. The third-order valence-electron chi connectivity index (χ3n) is 3.47. The standard InChI is InChI=1S/C14H14FN3O3/c15-11-3-1-2-4-12(11)20-8-13(19)18-6-5-10(7-18)14-16-9-21-17-14/h1-4,9-10H,5-8H2/t10-/m0/s1. The van der Waals surface area contributed by atoms with Crippen molar-refractivity contribution in [1.82, 2.24) is 15.0 Å². The molecule has 0 unspecified atom stereocenters. The van der Waals surface area contributed by atoms with Crippen LogP contribution in [-0.2, 0) is 4.79 Å². The van der Waals surface area contributed by atoms with E-state index in [-0.39, 0.29) is 24.2 Å². The van der Waals surface area contributed by atoms with Gasteiger partial charge in [-0.3, -0.25) is 4.79 Å². The average Bonchev–Trinajstić information content (AvgIpc) is 3.16. The molecule has 2 aromatic rings.